The van der Waals surface area contributed by atoms with Gasteiger partial charge in [0, 0.05) is 27.9 Å². The maximum absolute atomic E-state index is 13.0. The molecule has 0 saturated carbocycles. The molecular formula is C20H22Cl2N2O2. The largest absolute Gasteiger partial charge is 0.287 e. The lowest BCUT2D eigenvalue weighted by Crippen LogP contribution is -2.54. The molecule has 2 amide bonds. The Bertz CT molecular complexity index is 781. The third-order valence-corrected chi connectivity index (χ3v) is 4.43. The summed E-state index contributed by atoms with van der Waals surface area (Å²) in [6, 6.07) is 13.6. The second-order valence-corrected chi connectivity index (χ2v) is 7.67. The van der Waals surface area contributed by atoms with Crippen molar-refractivity contribution >= 4 is 35.2 Å². The zero-order valence-corrected chi connectivity index (χ0v) is 16.8. The number of rotatable bonds is 3. The molecule has 0 spiro atoms. The van der Waals surface area contributed by atoms with Gasteiger partial charge in [-0.05, 0) is 69.2 Å². The van der Waals surface area contributed by atoms with Crippen LogP contribution in [0.3, 0.4) is 0 Å². The first-order valence-corrected chi connectivity index (χ1v) is 9.06. The fraction of sp³-hybridized carbons (Fsp3) is 0.300. The smallest absolute Gasteiger partial charge is 0.267 e. The Morgan fingerprint density at radius 1 is 0.885 bits per heavy atom. The van der Waals surface area contributed by atoms with Crippen molar-refractivity contribution in [3.05, 3.63) is 70.2 Å². The molecule has 0 atom stereocenters. The van der Waals surface area contributed by atoms with Gasteiger partial charge >= 0.3 is 0 Å². The predicted octanol–water partition coefficient (Wildman–Crippen LogP) is 5.35. The van der Waals surface area contributed by atoms with E-state index in [2.05, 4.69) is 0 Å². The molecule has 4 nitrogen and oxygen atoms in total. The Kier molecular flexibility index (Phi) is 6.32. The summed E-state index contributed by atoms with van der Waals surface area (Å²) < 4.78 is 0.847. The van der Waals surface area contributed by atoms with E-state index in [1.807, 2.05) is 39.8 Å². The van der Waals surface area contributed by atoms with Crippen LogP contribution in [0.5, 0.6) is 0 Å². The number of benzene rings is 2. The molecule has 2 aromatic carbocycles. The molecule has 0 aliphatic heterocycles. The van der Waals surface area contributed by atoms with E-state index in [4.69, 9.17) is 23.4 Å². The van der Waals surface area contributed by atoms with Crippen molar-refractivity contribution in [1.29, 1.82) is 0 Å². The second kappa shape index (κ2) is 8.11. The zero-order valence-electron chi connectivity index (χ0n) is 15.3. The summed E-state index contributed by atoms with van der Waals surface area (Å²) in [5.41, 5.74) is 1.23. The Hall–Kier alpha value is -2.04. The lowest BCUT2D eigenvalue weighted by molar-refractivity contribution is -0.00370. The maximum atomic E-state index is 13.0. The standard InChI is InChI=1S/C20H22Cl2N2O2/c1-5-14-6-8-15(9-7-14)18(25)23(20(2,3)4)24(22)19(26)16-10-12-17(21)13-11-16/h6-13H,5H2,1-4H3. The van der Waals surface area contributed by atoms with Crippen molar-refractivity contribution in [1.82, 2.24) is 9.54 Å². The van der Waals surface area contributed by atoms with Crippen LogP contribution in [0.2, 0.25) is 5.02 Å². The Morgan fingerprint density at radius 3 is 1.81 bits per heavy atom. The van der Waals surface area contributed by atoms with E-state index in [0.717, 1.165) is 16.5 Å². The highest BCUT2D eigenvalue weighted by Crippen LogP contribution is 2.24. The van der Waals surface area contributed by atoms with E-state index in [1.54, 1.807) is 36.4 Å². The molecule has 26 heavy (non-hydrogen) atoms. The van der Waals surface area contributed by atoms with Gasteiger partial charge in [0.15, 0.2) is 0 Å². The van der Waals surface area contributed by atoms with E-state index in [1.165, 1.54) is 5.01 Å². The van der Waals surface area contributed by atoms with Gasteiger partial charge in [0.1, 0.15) is 0 Å². The predicted molar refractivity (Wildman–Crippen MR) is 105 cm³/mol. The fourth-order valence-corrected chi connectivity index (χ4v) is 2.96. The first-order valence-electron chi connectivity index (χ1n) is 8.34. The number of hydrogen-bond donors (Lipinski definition) is 0. The van der Waals surface area contributed by atoms with Crippen molar-refractivity contribution in [3.63, 3.8) is 0 Å². The van der Waals surface area contributed by atoms with Gasteiger partial charge in [0.25, 0.3) is 11.8 Å². The molecule has 0 N–H and O–H groups in total. The Morgan fingerprint density at radius 2 is 1.35 bits per heavy atom. The van der Waals surface area contributed by atoms with Crippen LogP contribution in [-0.2, 0) is 6.42 Å². The number of amides is 2. The normalized spacial score (nSPS) is 11.2. The van der Waals surface area contributed by atoms with Crippen LogP contribution >= 0.6 is 23.4 Å². The van der Waals surface area contributed by atoms with Crippen LogP contribution in [0.1, 0.15) is 54.0 Å². The van der Waals surface area contributed by atoms with Crippen molar-refractivity contribution in [2.24, 2.45) is 0 Å². The molecule has 0 aliphatic rings. The van der Waals surface area contributed by atoms with Crippen LogP contribution < -0.4 is 0 Å². The van der Waals surface area contributed by atoms with Crippen LogP contribution in [0.15, 0.2) is 48.5 Å². The van der Waals surface area contributed by atoms with Gasteiger partial charge in [-0.15, -0.1) is 0 Å². The molecule has 0 fully saturated rings. The third kappa shape index (κ3) is 4.57. The number of aryl methyl sites for hydroxylation is 1. The lowest BCUT2D eigenvalue weighted by Gasteiger charge is -2.39. The highest BCUT2D eigenvalue weighted by atomic mass is 35.5. The van der Waals surface area contributed by atoms with Crippen LogP contribution in [-0.4, -0.2) is 26.9 Å². The molecule has 0 heterocycles. The van der Waals surface area contributed by atoms with Gasteiger partial charge < -0.3 is 0 Å². The summed E-state index contributed by atoms with van der Waals surface area (Å²) in [4.78, 5) is 25.8. The Labute approximate surface area is 164 Å². The monoisotopic (exact) mass is 392 g/mol. The summed E-state index contributed by atoms with van der Waals surface area (Å²) >= 11 is 12.2. The van der Waals surface area contributed by atoms with Crippen LogP contribution in [0, 0.1) is 0 Å². The number of hydrogen-bond acceptors (Lipinski definition) is 2. The van der Waals surface area contributed by atoms with Gasteiger partial charge in [-0.25, -0.2) is 5.01 Å². The van der Waals surface area contributed by atoms with E-state index in [-0.39, 0.29) is 5.91 Å². The zero-order chi connectivity index (χ0) is 19.5. The number of carbonyl (C=O) groups is 2. The number of carbonyl (C=O) groups excluding carboxylic acids is 2. The van der Waals surface area contributed by atoms with Gasteiger partial charge in [0.05, 0.1) is 5.54 Å². The fourth-order valence-electron chi connectivity index (χ4n) is 2.44. The van der Waals surface area contributed by atoms with Crippen molar-refractivity contribution in [3.8, 4) is 0 Å². The van der Waals surface area contributed by atoms with Crippen molar-refractivity contribution in [2.45, 2.75) is 39.7 Å². The van der Waals surface area contributed by atoms with Crippen molar-refractivity contribution < 1.29 is 9.59 Å². The highest BCUT2D eigenvalue weighted by molar-refractivity contribution is 6.30. The summed E-state index contributed by atoms with van der Waals surface area (Å²) in [6.45, 7) is 7.49. The second-order valence-electron chi connectivity index (χ2n) is 6.91. The number of halogens is 2. The third-order valence-electron chi connectivity index (χ3n) is 3.87. The van der Waals surface area contributed by atoms with Crippen LogP contribution in [0.4, 0.5) is 0 Å². The molecule has 0 bridgehead atoms. The molecule has 138 valence electrons. The maximum Gasteiger partial charge on any atom is 0.287 e. The average molecular weight is 393 g/mol. The first kappa shape index (κ1) is 20.3. The Balaban J connectivity index is 2.35. The SMILES string of the molecule is CCc1ccc(C(=O)N(N(Cl)C(=O)c2ccc(Cl)cc2)C(C)(C)C)cc1. The van der Waals surface area contributed by atoms with E-state index in [0.29, 0.717) is 16.1 Å². The molecule has 0 saturated heterocycles. The highest BCUT2D eigenvalue weighted by Gasteiger charge is 2.35. The molecule has 0 unspecified atom stereocenters. The minimum absolute atomic E-state index is 0.341. The molecule has 6 heteroatoms. The van der Waals surface area contributed by atoms with Gasteiger partial charge in [-0.1, -0.05) is 30.7 Å². The van der Waals surface area contributed by atoms with E-state index < -0.39 is 11.4 Å². The minimum Gasteiger partial charge on any atom is -0.267 e. The van der Waals surface area contributed by atoms with E-state index >= 15 is 0 Å². The van der Waals surface area contributed by atoms with Gasteiger partial charge in [0.2, 0.25) is 0 Å². The van der Waals surface area contributed by atoms with Crippen molar-refractivity contribution in [2.75, 3.05) is 0 Å². The molecule has 2 aromatic rings. The quantitative estimate of drug-likeness (QED) is 0.521. The van der Waals surface area contributed by atoms with Gasteiger partial charge in [-0.3, -0.25) is 9.59 Å². The molecule has 2 rings (SSSR count). The molecule has 0 aromatic heterocycles. The van der Waals surface area contributed by atoms with Crippen LogP contribution in [0.25, 0.3) is 0 Å². The summed E-state index contributed by atoms with van der Waals surface area (Å²) in [7, 11) is 0. The average Bonchev–Trinajstić information content (AvgIpc) is 2.60. The van der Waals surface area contributed by atoms with E-state index in [9.17, 15) is 9.59 Å². The number of hydrazine groups is 1. The summed E-state index contributed by atoms with van der Waals surface area (Å²) in [5.74, 6) is -0.853. The lowest BCUT2D eigenvalue weighted by atomic mass is 10.0. The summed E-state index contributed by atoms with van der Waals surface area (Å²) in [6.07, 6.45) is 0.883. The number of nitrogens with zero attached hydrogens (tertiary/aromatic N) is 2. The minimum atomic E-state index is -0.704. The first-order chi connectivity index (χ1) is 12.1. The molecular weight excluding hydrogens is 371 g/mol. The molecule has 0 radical (unpaired) electrons. The van der Waals surface area contributed by atoms with Gasteiger partial charge in [-0.2, -0.15) is 4.53 Å². The summed E-state index contributed by atoms with van der Waals surface area (Å²) in [5, 5.41) is 1.77. The topological polar surface area (TPSA) is 40.6 Å². The molecule has 0 aliphatic carbocycles.